The lowest BCUT2D eigenvalue weighted by molar-refractivity contribution is -0.125. The lowest BCUT2D eigenvalue weighted by Gasteiger charge is -2.13. The molecule has 0 unspecified atom stereocenters. The molecule has 0 fully saturated rings. The van der Waals surface area contributed by atoms with Crippen molar-refractivity contribution in [1.29, 1.82) is 0 Å². The fourth-order valence-corrected chi connectivity index (χ4v) is 1.83. The fourth-order valence-electron chi connectivity index (χ4n) is 1.27. The smallest absolute Gasteiger partial charge is 0.339 e. The normalized spacial score (nSPS) is 11.6. The largest absolute Gasteiger partial charge is 0.495 e. The van der Waals surface area contributed by atoms with Crippen LogP contribution in [0.5, 0.6) is 11.5 Å². The highest BCUT2D eigenvalue weighted by molar-refractivity contribution is 9.10. The molecule has 0 spiro atoms. The van der Waals surface area contributed by atoms with Crippen molar-refractivity contribution < 1.29 is 23.8 Å². The van der Waals surface area contributed by atoms with Gasteiger partial charge >= 0.3 is 5.97 Å². The highest BCUT2D eigenvalue weighted by Crippen LogP contribution is 2.35. The summed E-state index contributed by atoms with van der Waals surface area (Å²) in [6.45, 7) is 1.40. The number of nitrogens with two attached hydrogens (primary N) is 1. The number of rotatable bonds is 5. The van der Waals surface area contributed by atoms with E-state index in [1.165, 1.54) is 33.3 Å². The summed E-state index contributed by atoms with van der Waals surface area (Å²) in [7, 11) is 2.92. The van der Waals surface area contributed by atoms with Crippen molar-refractivity contribution in [2.75, 3.05) is 14.2 Å². The molecule has 2 N–H and O–H groups in total. The lowest BCUT2D eigenvalue weighted by atomic mass is 10.2. The summed E-state index contributed by atoms with van der Waals surface area (Å²) in [4.78, 5) is 22.7. The number of methoxy groups -OCH3 is 2. The average molecular weight is 332 g/mol. The molecule has 104 valence electrons. The van der Waals surface area contributed by atoms with Gasteiger partial charge in [-0.1, -0.05) is 0 Å². The number of ether oxygens (including phenoxy) is 3. The van der Waals surface area contributed by atoms with E-state index in [1.54, 1.807) is 0 Å². The van der Waals surface area contributed by atoms with E-state index in [0.717, 1.165) is 0 Å². The van der Waals surface area contributed by atoms with Gasteiger partial charge in [0.2, 0.25) is 0 Å². The maximum absolute atomic E-state index is 11.9. The van der Waals surface area contributed by atoms with Crippen LogP contribution in [0.4, 0.5) is 0 Å². The first kappa shape index (κ1) is 15.3. The second kappa shape index (κ2) is 6.42. The fraction of sp³-hybridized carbons (Fsp3) is 0.333. The zero-order chi connectivity index (χ0) is 14.6. The van der Waals surface area contributed by atoms with Crippen LogP contribution in [-0.4, -0.2) is 32.2 Å². The Balaban J connectivity index is 3.06. The van der Waals surface area contributed by atoms with E-state index in [-0.39, 0.29) is 5.56 Å². The highest BCUT2D eigenvalue weighted by Gasteiger charge is 2.19. The molecule has 1 atom stereocenters. The van der Waals surface area contributed by atoms with Crippen molar-refractivity contribution in [3.63, 3.8) is 0 Å². The van der Waals surface area contributed by atoms with Crippen LogP contribution in [0.1, 0.15) is 17.3 Å². The van der Waals surface area contributed by atoms with Gasteiger partial charge in [-0.3, -0.25) is 4.79 Å². The zero-order valence-electron chi connectivity index (χ0n) is 10.7. The standard InChI is InChI=1S/C12H14BrNO5/c1-6(11(14)15)19-12(16)7-4-8(17-2)10(13)9(5-7)18-3/h4-6H,1-3H3,(H2,14,15)/t6-/m0/s1. The lowest BCUT2D eigenvalue weighted by Crippen LogP contribution is -2.30. The molecule has 19 heavy (non-hydrogen) atoms. The van der Waals surface area contributed by atoms with Gasteiger partial charge in [0.1, 0.15) is 16.0 Å². The first-order valence-electron chi connectivity index (χ1n) is 5.32. The Morgan fingerprint density at radius 2 is 1.68 bits per heavy atom. The number of amides is 1. The van der Waals surface area contributed by atoms with Gasteiger partial charge in [-0.2, -0.15) is 0 Å². The molecule has 7 heteroatoms. The van der Waals surface area contributed by atoms with Gasteiger partial charge in [-0.05, 0) is 35.0 Å². The van der Waals surface area contributed by atoms with E-state index in [1.807, 2.05) is 0 Å². The van der Waals surface area contributed by atoms with Crippen molar-refractivity contribution in [1.82, 2.24) is 0 Å². The molecule has 0 bridgehead atoms. The summed E-state index contributed by atoms with van der Waals surface area (Å²) >= 11 is 3.28. The molecule has 0 saturated carbocycles. The van der Waals surface area contributed by atoms with Gasteiger partial charge in [0, 0.05) is 0 Å². The van der Waals surface area contributed by atoms with Crippen LogP contribution < -0.4 is 15.2 Å². The summed E-state index contributed by atoms with van der Waals surface area (Å²) in [5, 5.41) is 0. The number of hydrogen-bond donors (Lipinski definition) is 1. The van der Waals surface area contributed by atoms with E-state index in [4.69, 9.17) is 19.9 Å². The van der Waals surface area contributed by atoms with Gasteiger partial charge in [0.15, 0.2) is 6.10 Å². The second-order valence-corrected chi connectivity index (χ2v) is 4.44. The Bertz CT molecular complexity index is 478. The number of primary amides is 1. The van der Waals surface area contributed by atoms with Crippen LogP contribution >= 0.6 is 15.9 Å². The molecular weight excluding hydrogens is 318 g/mol. The number of hydrogen-bond acceptors (Lipinski definition) is 5. The van der Waals surface area contributed by atoms with Crippen LogP contribution in [0.25, 0.3) is 0 Å². The Morgan fingerprint density at radius 1 is 1.21 bits per heavy atom. The van der Waals surface area contributed by atoms with Gasteiger partial charge in [0.25, 0.3) is 5.91 Å². The topological polar surface area (TPSA) is 87.9 Å². The van der Waals surface area contributed by atoms with E-state index in [0.29, 0.717) is 16.0 Å². The molecule has 0 aliphatic rings. The molecule has 1 amide bonds. The summed E-state index contributed by atoms with van der Waals surface area (Å²) < 4.78 is 15.7. The molecule has 1 aromatic carbocycles. The third-order valence-corrected chi connectivity index (χ3v) is 3.15. The van der Waals surface area contributed by atoms with Crippen LogP contribution in [0.2, 0.25) is 0 Å². The van der Waals surface area contributed by atoms with Crippen molar-refractivity contribution >= 4 is 27.8 Å². The molecule has 0 aliphatic heterocycles. The molecule has 0 heterocycles. The Labute approximate surface area is 118 Å². The number of halogens is 1. The maximum atomic E-state index is 11.9. The Kier molecular flexibility index (Phi) is 5.17. The third-order valence-electron chi connectivity index (χ3n) is 2.37. The monoisotopic (exact) mass is 331 g/mol. The first-order valence-corrected chi connectivity index (χ1v) is 6.11. The van der Waals surface area contributed by atoms with Crippen molar-refractivity contribution in [3.05, 3.63) is 22.2 Å². The third kappa shape index (κ3) is 3.60. The van der Waals surface area contributed by atoms with Crippen LogP contribution in [0.3, 0.4) is 0 Å². The SMILES string of the molecule is COc1cc(C(=O)O[C@@H](C)C(N)=O)cc(OC)c1Br. The van der Waals surface area contributed by atoms with E-state index in [2.05, 4.69) is 15.9 Å². The zero-order valence-corrected chi connectivity index (χ0v) is 12.3. The van der Waals surface area contributed by atoms with Crippen molar-refractivity contribution in [3.8, 4) is 11.5 Å². The number of carbonyl (C=O) groups excluding carboxylic acids is 2. The van der Waals surface area contributed by atoms with Gasteiger partial charge in [-0.15, -0.1) is 0 Å². The summed E-state index contributed by atoms with van der Waals surface area (Å²) in [6, 6.07) is 2.95. The number of benzene rings is 1. The van der Waals surface area contributed by atoms with Gasteiger partial charge in [-0.25, -0.2) is 4.79 Å². The van der Waals surface area contributed by atoms with E-state index < -0.39 is 18.0 Å². The molecule has 0 radical (unpaired) electrons. The van der Waals surface area contributed by atoms with Crippen LogP contribution in [0, 0.1) is 0 Å². The molecule has 6 nitrogen and oxygen atoms in total. The van der Waals surface area contributed by atoms with Crippen molar-refractivity contribution in [2.24, 2.45) is 5.73 Å². The number of esters is 1. The summed E-state index contributed by atoms with van der Waals surface area (Å²) in [5.41, 5.74) is 5.22. The minimum absolute atomic E-state index is 0.199. The minimum atomic E-state index is -1.01. The average Bonchev–Trinajstić information content (AvgIpc) is 2.38. The van der Waals surface area contributed by atoms with Crippen LogP contribution in [-0.2, 0) is 9.53 Å². The minimum Gasteiger partial charge on any atom is -0.495 e. The summed E-state index contributed by atoms with van der Waals surface area (Å²) in [5.74, 6) is -0.573. The van der Waals surface area contributed by atoms with Crippen LogP contribution in [0.15, 0.2) is 16.6 Å². The van der Waals surface area contributed by atoms with E-state index >= 15 is 0 Å². The molecule has 0 aromatic heterocycles. The van der Waals surface area contributed by atoms with E-state index in [9.17, 15) is 9.59 Å². The molecule has 1 rings (SSSR count). The predicted molar refractivity (Wildman–Crippen MR) is 71.3 cm³/mol. The quantitative estimate of drug-likeness (QED) is 0.826. The maximum Gasteiger partial charge on any atom is 0.339 e. The molecular formula is C12H14BrNO5. The van der Waals surface area contributed by atoms with Gasteiger partial charge in [0.05, 0.1) is 19.8 Å². The first-order chi connectivity index (χ1) is 8.90. The van der Waals surface area contributed by atoms with Gasteiger partial charge < -0.3 is 19.9 Å². The second-order valence-electron chi connectivity index (χ2n) is 3.64. The molecule has 0 saturated heterocycles. The Morgan fingerprint density at radius 3 is 2.05 bits per heavy atom. The summed E-state index contributed by atoms with van der Waals surface area (Å²) in [6.07, 6.45) is -1.01. The number of carbonyl (C=O) groups is 2. The van der Waals surface area contributed by atoms with Crippen molar-refractivity contribution in [2.45, 2.75) is 13.0 Å². The predicted octanol–water partition coefficient (Wildman–Crippen LogP) is 1.50. The highest BCUT2D eigenvalue weighted by atomic mass is 79.9. The Hall–Kier alpha value is -1.76. The molecule has 1 aromatic rings. The molecule has 0 aliphatic carbocycles.